The Bertz CT molecular complexity index is 725. The molecule has 0 amide bonds. The van der Waals surface area contributed by atoms with E-state index in [0.29, 0.717) is 5.69 Å². The third kappa shape index (κ3) is 3.94. The molecule has 20 heavy (non-hydrogen) atoms. The molecule has 0 saturated heterocycles. The molecule has 8 heteroatoms. The van der Waals surface area contributed by atoms with E-state index in [1.165, 1.54) is 12.1 Å². The molecular weight excluding hydrogens is 622 g/mol. The van der Waals surface area contributed by atoms with Crippen molar-refractivity contribution < 1.29 is 12.8 Å². The van der Waals surface area contributed by atoms with Crippen LogP contribution < -0.4 is 4.72 Å². The monoisotopic (exact) mass is 629 g/mol. The lowest BCUT2D eigenvalue weighted by Crippen LogP contribution is -2.15. The molecule has 0 aliphatic rings. The largest absolute Gasteiger partial charge is 0.277 e. The fourth-order valence-electron chi connectivity index (χ4n) is 1.45. The van der Waals surface area contributed by atoms with Crippen molar-refractivity contribution in [2.45, 2.75) is 4.90 Å². The van der Waals surface area contributed by atoms with Crippen LogP contribution in [-0.4, -0.2) is 8.42 Å². The first kappa shape index (κ1) is 16.7. The SMILES string of the molecule is O=S(=O)(Nc1c(I)cc(I)cc1I)c1ccc(F)cc1. The molecule has 2 rings (SSSR count). The van der Waals surface area contributed by atoms with Gasteiger partial charge in [-0.2, -0.15) is 0 Å². The second kappa shape index (κ2) is 6.60. The molecule has 0 radical (unpaired) electrons. The molecule has 3 nitrogen and oxygen atoms in total. The van der Waals surface area contributed by atoms with Gasteiger partial charge in [-0.25, -0.2) is 12.8 Å². The van der Waals surface area contributed by atoms with Gasteiger partial charge in [0.1, 0.15) is 5.82 Å². The highest BCUT2D eigenvalue weighted by Crippen LogP contribution is 2.29. The standard InChI is InChI=1S/C12H7FI3NO2S/c13-7-1-3-9(4-2-7)20(18,19)17-12-10(15)5-8(14)6-11(12)16/h1-6,17H. The van der Waals surface area contributed by atoms with Crippen molar-refractivity contribution >= 4 is 83.5 Å². The average molecular weight is 629 g/mol. The molecule has 2 aromatic carbocycles. The van der Waals surface area contributed by atoms with Gasteiger partial charge < -0.3 is 0 Å². The Morgan fingerprint density at radius 2 is 1.45 bits per heavy atom. The normalized spacial score (nSPS) is 11.4. The zero-order valence-electron chi connectivity index (χ0n) is 9.70. The van der Waals surface area contributed by atoms with Gasteiger partial charge in [0.15, 0.2) is 0 Å². The van der Waals surface area contributed by atoms with Crippen molar-refractivity contribution in [3.05, 3.63) is 52.9 Å². The average Bonchev–Trinajstić information content (AvgIpc) is 2.34. The van der Waals surface area contributed by atoms with Gasteiger partial charge in [0.25, 0.3) is 10.0 Å². The molecule has 0 spiro atoms. The third-order valence-electron chi connectivity index (χ3n) is 2.37. The Balaban J connectivity index is 2.41. The van der Waals surface area contributed by atoms with Crippen molar-refractivity contribution in [3.63, 3.8) is 0 Å². The second-order valence-electron chi connectivity index (χ2n) is 3.80. The summed E-state index contributed by atoms with van der Waals surface area (Å²) in [6, 6.07) is 8.49. The number of benzene rings is 2. The molecule has 1 N–H and O–H groups in total. The molecule has 2 aromatic rings. The van der Waals surface area contributed by atoms with E-state index in [2.05, 4.69) is 72.5 Å². The van der Waals surface area contributed by atoms with Gasteiger partial charge in [-0.05, 0) is 104 Å². The van der Waals surface area contributed by atoms with E-state index < -0.39 is 15.8 Å². The molecule has 0 saturated carbocycles. The van der Waals surface area contributed by atoms with Gasteiger partial charge in [0.2, 0.25) is 0 Å². The fourth-order valence-corrected chi connectivity index (χ4v) is 6.77. The van der Waals surface area contributed by atoms with Gasteiger partial charge in [0, 0.05) is 10.7 Å². The molecule has 0 bridgehead atoms. The van der Waals surface area contributed by atoms with Crippen molar-refractivity contribution in [3.8, 4) is 0 Å². The van der Waals surface area contributed by atoms with E-state index in [4.69, 9.17) is 0 Å². The minimum absolute atomic E-state index is 0.0315. The summed E-state index contributed by atoms with van der Waals surface area (Å²) in [7, 11) is -3.72. The van der Waals surface area contributed by atoms with Crippen LogP contribution in [0, 0.1) is 16.5 Å². The first-order chi connectivity index (χ1) is 9.29. The Hall–Kier alpha value is 0.310. The number of hydrogen-bond acceptors (Lipinski definition) is 2. The second-order valence-corrected chi connectivity index (χ2v) is 9.06. The van der Waals surface area contributed by atoms with E-state index in [1.54, 1.807) is 0 Å². The lowest BCUT2D eigenvalue weighted by molar-refractivity contribution is 0.599. The van der Waals surface area contributed by atoms with Crippen molar-refractivity contribution in [1.82, 2.24) is 0 Å². The molecule has 0 unspecified atom stereocenters. The van der Waals surface area contributed by atoms with E-state index in [0.717, 1.165) is 22.8 Å². The number of sulfonamides is 1. The summed E-state index contributed by atoms with van der Waals surface area (Å²) in [6.07, 6.45) is 0. The van der Waals surface area contributed by atoms with Gasteiger partial charge in [-0.3, -0.25) is 4.72 Å². The molecular formula is C12H7FI3NO2S. The zero-order valence-corrected chi connectivity index (χ0v) is 17.0. The zero-order chi connectivity index (χ0) is 14.9. The molecule has 0 aliphatic carbocycles. The Kier molecular flexibility index (Phi) is 5.51. The predicted molar refractivity (Wildman–Crippen MR) is 102 cm³/mol. The van der Waals surface area contributed by atoms with Crippen LogP contribution in [0.1, 0.15) is 0 Å². The quantitative estimate of drug-likeness (QED) is 0.511. The van der Waals surface area contributed by atoms with Gasteiger partial charge in [0.05, 0.1) is 10.6 Å². The van der Waals surface area contributed by atoms with Gasteiger partial charge >= 0.3 is 0 Å². The maximum atomic E-state index is 12.9. The highest BCUT2D eigenvalue weighted by atomic mass is 127. The third-order valence-corrected chi connectivity index (χ3v) is 6.06. The van der Waals surface area contributed by atoms with Crippen LogP contribution in [0.4, 0.5) is 10.1 Å². The van der Waals surface area contributed by atoms with Gasteiger partial charge in [-0.15, -0.1) is 0 Å². The summed E-state index contributed by atoms with van der Waals surface area (Å²) in [5.41, 5.74) is 0.538. The number of rotatable bonds is 3. The first-order valence-electron chi connectivity index (χ1n) is 5.22. The van der Waals surface area contributed by atoms with E-state index in [9.17, 15) is 12.8 Å². The summed E-state index contributed by atoms with van der Waals surface area (Å²) < 4.78 is 42.6. The number of hydrogen-bond donors (Lipinski definition) is 1. The van der Waals surface area contributed by atoms with Crippen LogP contribution >= 0.6 is 67.8 Å². The minimum atomic E-state index is -3.72. The van der Waals surface area contributed by atoms with Crippen molar-refractivity contribution in [1.29, 1.82) is 0 Å². The van der Waals surface area contributed by atoms with Crippen molar-refractivity contribution in [2.24, 2.45) is 0 Å². The summed E-state index contributed by atoms with van der Waals surface area (Å²) in [5.74, 6) is -0.470. The molecule has 0 fully saturated rings. The molecule has 106 valence electrons. The summed E-state index contributed by atoms with van der Waals surface area (Å²) in [5, 5.41) is 0. The Morgan fingerprint density at radius 1 is 0.950 bits per heavy atom. The molecule has 0 atom stereocenters. The highest BCUT2D eigenvalue weighted by molar-refractivity contribution is 14.1. The Labute approximate surface area is 157 Å². The maximum Gasteiger partial charge on any atom is 0.261 e. The molecule has 0 aromatic heterocycles. The highest BCUT2D eigenvalue weighted by Gasteiger charge is 2.17. The van der Waals surface area contributed by atoms with Gasteiger partial charge in [-0.1, -0.05) is 0 Å². The Morgan fingerprint density at radius 3 is 1.95 bits per heavy atom. The first-order valence-corrected chi connectivity index (χ1v) is 9.94. The number of halogens is 4. The summed E-state index contributed by atoms with van der Waals surface area (Å²) >= 11 is 6.33. The lowest BCUT2D eigenvalue weighted by atomic mass is 10.3. The van der Waals surface area contributed by atoms with Crippen LogP contribution in [0.2, 0.25) is 0 Å². The van der Waals surface area contributed by atoms with E-state index in [1.807, 2.05) is 12.1 Å². The van der Waals surface area contributed by atoms with Crippen LogP contribution in [0.3, 0.4) is 0 Å². The lowest BCUT2D eigenvalue weighted by Gasteiger charge is -2.12. The van der Waals surface area contributed by atoms with E-state index in [-0.39, 0.29) is 4.90 Å². The molecule has 0 aliphatic heterocycles. The van der Waals surface area contributed by atoms with Crippen LogP contribution in [0.25, 0.3) is 0 Å². The van der Waals surface area contributed by atoms with Crippen LogP contribution in [-0.2, 0) is 10.0 Å². The topological polar surface area (TPSA) is 46.2 Å². The predicted octanol–water partition coefficient (Wildman–Crippen LogP) is 4.44. The van der Waals surface area contributed by atoms with Crippen LogP contribution in [0.15, 0.2) is 41.3 Å². The number of anilines is 1. The number of nitrogens with one attached hydrogen (secondary N) is 1. The maximum absolute atomic E-state index is 12.9. The molecule has 0 heterocycles. The fraction of sp³-hybridized carbons (Fsp3) is 0. The smallest absolute Gasteiger partial charge is 0.261 e. The summed E-state index contributed by atoms with van der Waals surface area (Å²) in [6.45, 7) is 0. The minimum Gasteiger partial charge on any atom is -0.277 e. The van der Waals surface area contributed by atoms with Crippen molar-refractivity contribution in [2.75, 3.05) is 4.72 Å². The van der Waals surface area contributed by atoms with E-state index >= 15 is 0 Å². The summed E-state index contributed by atoms with van der Waals surface area (Å²) in [4.78, 5) is 0.0315. The van der Waals surface area contributed by atoms with Crippen LogP contribution in [0.5, 0.6) is 0 Å².